The first-order valence-corrected chi connectivity index (χ1v) is 8.18. The average Bonchev–Trinajstić information content (AvgIpc) is 2.91. The Bertz CT molecular complexity index is 731. The summed E-state index contributed by atoms with van der Waals surface area (Å²) in [6, 6.07) is 6.50. The van der Waals surface area contributed by atoms with E-state index in [1.807, 2.05) is 11.4 Å². The summed E-state index contributed by atoms with van der Waals surface area (Å²) < 4.78 is 0. The maximum Gasteiger partial charge on any atom is 0.270 e. The zero-order chi connectivity index (χ0) is 16.2. The second-order valence-corrected chi connectivity index (χ2v) is 6.19. The topological polar surface area (TPSA) is 88.4 Å². The van der Waals surface area contributed by atoms with Crippen LogP contribution >= 0.6 is 11.3 Å². The van der Waals surface area contributed by atoms with Crippen molar-refractivity contribution in [3.8, 4) is 10.6 Å². The summed E-state index contributed by atoms with van der Waals surface area (Å²) in [6.07, 6.45) is 0.502. The summed E-state index contributed by atoms with van der Waals surface area (Å²) in [5, 5.41) is 16.4. The third-order valence-electron chi connectivity index (χ3n) is 3.65. The molecule has 0 saturated carbocycles. The summed E-state index contributed by atoms with van der Waals surface area (Å²) in [5.74, 6) is 0.0862. The predicted octanol–water partition coefficient (Wildman–Crippen LogP) is 2.04. The first-order chi connectivity index (χ1) is 11.1. The van der Waals surface area contributed by atoms with Gasteiger partial charge in [-0.25, -0.2) is 4.98 Å². The van der Waals surface area contributed by atoms with E-state index in [9.17, 15) is 14.9 Å². The highest BCUT2D eigenvalue weighted by atomic mass is 32.1. The average molecular weight is 332 g/mol. The van der Waals surface area contributed by atoms with Crippen LogP contribution in [-0.2, 0) is 11.3 Å². The molecule has 0 aliphatic carbocycles. The van der Waals surface area contributed by atoms with Crippen LogP contribution in [0.15, 0.2) is 29.6 Å². The van der Waals surface area contributed by atoms with Gasteiger partial charge in [-0.15, -0.1) is 11.3 Å². The van der Waals surface area contributed by atoms with E-state index in [0.717, 1.165) is 29.4 Å². The Morgan fingerprint density at radius 3 is 3.09 bits per heavy atom. The zero-order valence-electron chi connectivity index (χ0n) is 12.4. The van der Waals surface area contributed by atoms with Crippen molar-refractivity contribution in [1.29, 1.82) is 0 Å². The third kappa shape index (κ3) is 3.91. The molecule has 1 fully saturated rings. The molecule has 1 aromatic heterocycles. The molecule has 0 bridgehead atoms. The lowest BCUT2D eigenvalue weighted by Gasteiger charge is -2.17. The third-order valence-corrected chi connectivity index (χ3v) is 4.59. The maximum atomic E-state index is 11.4. The van der Waals surface area contributed by atoms with Crippen LogP contribution in [-0.4, -0.2) is 40.3 Å². The number of nitro groups is 1. The maximum absolute atomic E-state index is 11.4. The van der Waals surface area contributed by atoms with Gasteiger partial charge < -0.3 is 5.32 Å². The van der Waals surface area contributed by atoms with E-state index in [-0.39, 0.29) is 11.6 Å². The molecule has 0 atom stereocenters. The second kappa shape index (κ2) is 6.84. The van der Waals surface area contributed by atoms with E-state index in [2.05, 4.69) is 15.2 Å². The molecule has 7 nitrogen and oxygen atoms in total. The van der Waals surface area contributed by atoms with Gasteiger partial charge in [0.15, 0.2) is 0 Å². The minimum Gasteiger partial charge on any atom is -0.355 e. The normalized spacial score (nSPS) is 15.9. The lowest BCUT2D eigenvalue weighted by molar-refractivity contribution is -0.384. The summed E-state index contributed by atoms with van der Waals surface area (Å²) in [5.41, 5.74) is 1.74. The molecular formula is C15H16N4O3S. The molecule has 3 rings (SSSR count). The number of amides is 1. The molecule has 1 N–H and O–H groups in total. The number of nitrogens with one attached hydrogen (secondary N) is 1. The molecule has 1 aromatic carbocycles. The summed E-state index contributed by atoms with van der Waals surface area (Å²) in [4.78, 5) is 28.6. The molecule has 0 unspecified atom stereocenters. The van der Waals surface area contributed by atoms with Crippen molar-refractivity contribution in [2.24, 2.45) is 0 Å². The van der Waals surface area contributed by atoms with Gasteiger partial charge in [0.2, 0.25) is 5.91 Å². The number of hydrogen-bond acceptors (Lipinski definition) is 6. The Morgan fingerprint density at radius 2 is 2.26 bits per heavy atom. The van der Waals surface area contributed by atoms with Crippen LogP contribution in [0.4, 0.5) is 5.69 Å². The minimum absolute atomic E-state index is 0.0661. The quantitative estimate of drug-likeness (QED) is 0.684. The molecule has 120 valence electrons. The Balaban J connectivity index is 1.71. The number of carbonyl (C=O) groups excluding carboxylic acids is 1. The highest BCUT2D eigenvalue weighted by molar-refractivity contribution is 7.13. The van der Waals surface area contributed by atoms with Gasteiger partial charge in [-0.2, -0.15) is 0 Å². The van der Waals surface area contributed by atoms with Crippen molar-refractivity contribution in [1.82, 2.24) is 15.2 Å². The Hall–Kier alpha value is -2.32. The van der Waals surface area contributed by atoms with Gasteiger partial charge in [-0.1, -0.05) is 12.1 Å². The van der Waals surface area contributed by atoms with E-state index >= 15 is 0 Å². The Labute approximate surface area is 137 Å². The van der Waals surface area contributed by atoms with Crippen molar-refractivity contribution in [2.45, 2.75) is 13.0 Å². The molecule has 2 aromatic rings. The summed E-state index contributed by atoms with van der Waals surface area (Å²) >= 11 is 1.47. The molecule has 1 saturated heterocycles. The number of benzene rings is 1. The van der Waals surface area contributed by atoms with E-state index in [4.69, 9.17) is 0 Å². The van der Waals surface area contributed by atoms with Gasteiger partial charge in [0, 0.05) is 55.7 Å². The first-order valence-electron chi connectivity index (χ1n) is 7.30. The van der Waals surface area contributed by atoms with Crippen molar-refractivity contribution in [2.75, 3.05) is 19.6 Å². The number of thiazole rings is 1. The van der Waals surface area contributed by atoms with E-state index in [0.29, 0.717) is 19.5 Å². The Kier molecular flexibility index (Phi) is 4.63. The fourth-order valence-electron chi connectivity index (χ4n) is 2.47. The van der Waals surface area contributed by atoms with Crippen molar-refractivity contribution < 1.29 is 9.72 Å². The molecule has 0 spiro atoms. The largest absolute Gasteiger partial charge is 0.355 e. The molecule has 1 aliphatic rings. The number of aromatic nitrogens is 1. The van der Waals surface area contributed by atoms with Gasteiger partial charge in [-0.05, 0) is 0 Å². The first kappa shape index (κ1) is 15.6. The molecule has 23 heavy (non-hydrogen) atoms. The van der Waals surface area contributed by atoms with Gasteiger partial charge in [0.1, 0.15) is 5.01 Å². The number of rotatable bonds is 4. The fourth-order valence-corrected chi connectivity index (χ4v) is 3.27. The Morgan fingerprint density at radius 1 is 1.39 bits per heavy atom. The highest BCUT2D eigenvalue weighted by Gasteiger charge is 2.15. The number of carbonyl (C=O) groups is 1. The fraction of sp³-hybridized carbons (Fsp3) is 0.333. The van der Waals surface area contributed by atoms with E-state index < -0.39 is 4.92 Å². The highest BCUT2D eigenvalue weighted by Crippen LogP contribution is 2.27. The number of nitro benzene ring substituents is 1. The van der Waals surface area contributed by atoms with Crippen LogP contribution in [0.2, 0.25) is 0 Å². The SMILES string of the molecule is O=C1CCN(Cc2csc(-c3cccc([N+](=O)[O-])c3)n2)CCN1. The lowest BCUT2D eigenvalue weighted by Crippen LogP contribution is -2.28. The number of nitrogens with zero attached hydrogens (tertiary/aromatic N) is 3. The second-order valence-electron chi connectivity index (χ2n) is 5.33. The lowest BCUT2D eigenvalue weighted by atomic mass is 10.2. The van der Waals surface area contributed by atoms with Crippen LogP contribution in [0.25, 0.3) is 10.6 Å². The van der Waals surface area contributed by atoms with Crippen LogP contribution in [0, 0.1) is 10.1 Å². The van der Waals surface area contributed by atoms with Crippen LogP contribution in [0.1, 0.15) is 12.1 Å². The standard InChI is InChI=1S/C15H16N4O3S/c20-14-4-6-18(7-5-16-14)9-12-10-23-15(17-12)11-2-1-3-13(8-11)19(21)22/h1-3,8,10H,4-7,9H2,(H,16,20). The molecule has 2 heterocycles. The number of non-ortho nitro benzene ring substituents is 1. The van der Waals surface area contributed by atoms with E-state index in [1.165, 1.54) is 23.5 Å². The van der Waals surface area contributed by atoms with Crippen molar-refractivity contribution >= 4 is 22.9 Å². The smallest absolute Gasteiger partial charge is 0.270 e. The van der Waals surface area contributed by atoms with Crippen LogP contribution in [0.5, 0.6) is 0 Å². The van der Waals surface area contributed by atoms with Crippen LogP contribution in [0.3, 0.4) is 0 Å². The van der Waals surface area contributed by atoms with E-state index in [1.54, 1.807) is 6.07 Å². The molecule has 0 radical (unpaired) electrons. The number of hydrogen-bond donors (Lipinski definition) is 1. The van der Waals surface area contributed by atoms with Crippen LogP contribution < -0.4 is 5.32 Å². The molecule has 1 aliphatic heterocycles. The van der Waals surface area contributed by atoms with Crippen molar-refractivity contribution in [3.63, 3.8) is 0 Å². The minimum atomic E-state index is -0.404. The van der Waals surface area contributed by atoms with Crippen molar-refractivity contribution in [3.05, 3.63) is 45.5 Å². The van der Waals surface area contributed by atoms with Gasteiger partial charge in [-0.3, -0.25) is 19.8 Å². The zero-order valence-corrected chi connectivity index (χ0v) is 13.2. The van der Waals surface area contributed by atoms with Gasteiger partial charge >= 0.3 is 0 Å². The molecular weight excluding hydrogens is 316 g/mol. The summed E-state index contributed by atoms with van der Waals surface area (Å²) in [7, 11) is 0. The summed E-state index contributed by atoms with van der Waals surface area (Å²) in [6.45, 7) is 2.85. The molecule has 1 amide bonds. The predicted molar refractivity (Wildman–Crippen MR) is 87.1 cm³/mol. The van der Waals surface area contributed by atoms with Gasteiger partial charge in [0.25, 0.3) is 5.69 Å². The monoisotopic (exact) mass is 332 g/mol. The van der Waals surface area contributed by atoms with Gasteiger partial charge in [0.05, 0.1) is 10.6 Å². The molecule has 8 heteroatoms.